The highest BCUT2D eigenvalue weighted by Gasteiger charge is 2.23. The maximum absolute atomic E-state index is 10.7. The molecule has 2 unspecified atom stereocenters. The number of aliphatic hydroxyl groups is 3. The molecule has 0 saturated heterocycles. The summed E-state index contributed by atoms with van der Waals surface area (Å²) in [4.78, 5) is 10.7. The zero-order valence-electron chi connectivity index (χ0n) is 8.50. The average Bonchev–Trinajstić information content (AvgIpc) is 2.27. The number of rotatable bonds is 4. The molecule has 1 aromatic carbocycles. The molecular formula is C10H14N2O4. The molecular weight excluding hydrogens is 212 g/mol. The summed E-state index contributed by atoms with van der Waals surface area (Å²) in [7, 11) is 0. The van der Waals surface area contributed by atoms with Crippen molar-refractivity contribution in [3.8, 4) is 0 Å². The van der Waals surface area contributed by atoms with Gasteiger partial charge in [-0.3, -0.25) is 4.79 Å². The van der Waals surface area contributed by atoms with Crippen LogP contribution >= 0.6 is 0 Å². The summed E-state index contributed by atoms with van der Waals surface area (Å²) >= 11 is 0. The number of hydrogen-bond acceptors (Lipinski definition) is 5. The molecule has 88 valence electrons. The van der Waals surface area contributed by atoms with E-state index < -0.39 is 18.1 Å². The Morgan fingerprint density at radius 1 is 1.38 bits per heavy atom. The molecule has 7 N–H and O–H groups in total. The van der Waals surface area contributed by atoms with Gasteiger partial charge in [-0.25, -0.2) is 0 Å². The van der Waals surface area contributed by atoms with Gasteiger partial charge in [-0.05, 0) is 17.7 Å². The van der Waals surface area contributed by atoms with Gasteiger partial charge in [0.15, 0.2) is 6.10 Å². The van der Waals surface area contributed by atoms with Crippen molar-refractivity contribution < 1.29 is 20.1 Å². The van der Waals surface area contributed by atoms with Crippen molar-refractivity contribution in [1.82, 2.24) is 0 Å². The van der Waals surface area contributed by atoms with Crippen molar-refractivity contribution in [2.75, 3.05) is 5.73 Å². The molecule has 0 fully saturated rings. The first-order valence-electron chi connectivity index (χ1n) is 4.62. The molecule has 0 aliphatic rings. The van der Waals surface area contributed by atoms with Crippen LogP contribution in [-0.2, 0) is 11.4 Å². The first kappa shape index (κ1) is 12.4. The number of anilines is 1. The predicted molar refractivity (Wildman–Crippen MR) is 56.9 cm³/mol. The van der Waals surface area contributed by atoms with Gasteiger partial charge in [-0.15, -0.1) is 0 Å². The molecule has 0 heterocycles. The van der Waals surface area contributed by atoms with Gasteiger partial charge >= 0.3 is 0 Å². The number of nitrogens with two attached hydrogens (primary N) is 2. The minimum Gasteiger partial charge on any atom is -0.398 e. The normalized spacial score (nSPS) is 14.4. The molecule has 0 spiro atoms. The lowest BCUT2D eigenvalue weighted by atomic mass is 10.0. The van der Waals surface area contributed by atoms with E-state index >= 15 is 0 Å². The zero-order chi connectivity index (χ0) is 12.3. The monoisotopic (exact) mass is 226 g/mol. The van der Waals surface area contributed by atoms with Crippen molar-refractivity contribution in [2.24, 2.45) is 5.73 Å². The van der Waals surface area contributed by atoms with Gasteiger partial charge in [0, 0.05) is 11.3 Å². The van der Waals surface area contributed by atoms with Crippen molar-refractivity contribution in [3.63, 3.8) is 0 Å². The average molecular weight is 226 g/mol. The molecule has 6 heteroatoms. The van der Waals surface area contributed by atoms with Gasteiger partial charge in [-0.1, -0.05) is 6.07 Å². The Morgan fingerprint density at radius 2 is 2.00 bits per heavy atom. The minimum absolute atomic E-state index is 0.268. The van der Waals surface area contributed by atoms with Crippen molar-refractivity contribution >= 4 is 11.6 Å². The summed E-state index contributed by atoms with van der Waals surface area (Å²) in [6, 6.07) is 4.33. The Balaban J connectivity index is 3.00. The summed E-state index contributed by atoms with van der Waals surface area (Å²) in [6.45, 7) is -0.293. The van der Waals surface area contributed by atoms with E-state index in [4.69, 9.17) is 16.6 Å². The second-order valence-electron chi connectivity index (χ2n) is 3.41. The van der Waals surface area contributed by atoms with E-state index in [9.17, 15) is 15.0 Å². The van der Waals surface area contributed by atoms with E-state index in [-0.39, 0.29) is 12.2 Å². The van der Waals surface area contributed by atoms with Crippen LogP contribution in [0.1, 0.15) is 17.2 Å². The van der Waals surface area contributed by atoms with Gasteiger partial charge in [0.25, 0.3) is 0 Å². The predicted octanol–water partition coefficient (Wildman–Crippen LogP) is -1.36. The summed E-state index contributed by atoms with van der Waals surface area (Å²) in [6.07, 6.45) is -3.11. The van der Waals surface area contributed by atoms with Crippen LogP contribution in [0.5, 0.6) is 0 Å². The molecule has 2 atom stereocenters. The van der Waals surface area contributed by atoms with Gasteiger partial charge in [0.1, 0.15) is 6.10 Å². The van der Waals surface area contributed by atoms with Crippen LogP contribution in [0.25, 0.3) is 0 Å². The molecule has 1 amide bonds. The van der Waals surface area contributed by atoms with Gasteiger partial charge < -0.3 is 26.8 Å². The van der Waals surface area contributed by atoms with Crippen molar-refractivity contribution in [3.05, 3.63) is 29.3 Å². The Hall–Kier alpha value is -1.63. The lowest BCUT2D eigenvalue weighted by molar-refractivity contribution is -0.131. The molecule has 16 heavy (non-hydrogen) atoms. The standard InChI is InChI=1S/C10H14N2O4/c11-7-2-1-5(3-6(7)4-13)8(14)9(15)10(12)16/h1-3,8-9,13-15H,4,11H2,(H2,12,16). The van der Waals surface area contributed by atoms with Gasteiger partial charge in [0.05, 0.1) is 6.61 Å². The van der Waals surface area contributed by atoms with Crippen LogP contribution in [0.15, 0.2) is 18.2 Å². The third-order valence-corrected chi connectivity index (χ3v) is 2.27. The van der Waals surface area contributed by atoms with Crippen LogP contribution in [-0.4, -0.2) is 27.3 Å². The highest BCUT2D eigenvalue weighted by atomic mass is 16.3. The molecule has 0 radical (unpaired) electrons. The molecule has 0 saturated carbocycles. The Labute approximate surface area is 92.1 Å². The second kappa shape index (κ2) is 4.93. The number of primary amides is 1. The molecule has 0 bridgehead atoms. The van der Waals surface area contributed by atoms with Crippen LogP contribution in [0.3, 0.4) is 0 Å². The van der Waals surface area contributed by atoms with Gasteiger partial charge in [-0.2, -0.15) is 0 Å². The number of carbonyl (C=O) groups excluding carboxylic acids is 1. The number of hydrogen-bond donors (Lipinski definition) is 5. The molecule has 6 nitrogen and oxygen atoms in total. The zero-order valence-corrected chi connectivity index (χ0v) is 8.50. The van der Waals surface area contributed by atoms with Crippen molar-refractivity contribution in [1.29, 1.82) is 0 Å². The fraction of sp³-hybridized carbons (Fsp3) is 0.300. The third kappa shape index (κ3) is 2.48. The summed E-state index contributed by atoms with van der Waals surface area (Å²) in [5.41, 5.74) is 11.4. The van der Waals surface area contributed by atoms with E-state index in [1.807, 2.05) is 0 Å². The molecule has 0 aliphatic carbocycles. The number of aliphatic hydroxyl groups excluding tert-OH is 3. The minimum atomic E-state index is -1.69. The lowest BCUT2D eigenvalue weighted by Crippen LogP contribution is -2.33. The largest absolute Gasteiger partial charge is 0.398 e. The highest BCUT2D eigenvalue weighted by molar-refractivity contribution is 5.79. The molecule has 1 aromatic rings. The fourth-order valence-corrected chi connectivity index (χ4v) is 1.28. The summed E-state index contributed by atoms with van der Waals surface area (Å²) < 4.78 is 0. The molecule has 0 aromatic heterocycles. The second-order valence-corrected chi connectivity index (χ2v) is 3.41. The Kier molecular flexibility index (Phi) is 3.83. The van der Waals surface area contributed by atoms with Crippen LogP contribution in [0, 0.1) is 0 Å². The first-order chi connectivity index (χ1) is 7.47. The Morgan fingerprint density at radius 3 is 2.50 bits per heavy atom. The Bertz CT molecular complexity index is 394. The van der Waals surface area contributed by atoms with E-state index in [1.54, 1.807) is 0 Å². The molecule has 0 aliphatic heterocycles. The number of carbonyl (C=O) groups is 1. The van der Waals surface area contributed by atoms with E-state index in [0.29, 0.717) is 11.3 Å². The lowest BCUT2D eigenvalue weighted by Gasteiger charge is -2.16. The highest BCUT2D eigenvalue weighted by Crippen LogP contribution is 2.21. The number of benzene rings is 1. The van der Waals surface area contributed by atoms with Crippen molar-refractivity contribution in [2.45, 2.75) is 18.8 Å². The van der Waals surface area contributed by atoms with Crippen LogP contribution in [0.2, 0.25) is 0 Å². The summed E-state index contributed by atoms with van der Waals surface area (Å²) in [5.74, 6) is -1.02. The quantitative estimate of drug-likeness (QED) is 0.405. The fourth-order valence-electron chi connectivity index (χ4n) is 1.28. The maximum atomic E-state index is 10.7. The first-order valence-corrected chi connectivity index (χ1v) is 4.62. The number of nitrogen functional groups attached to an aromatic ring is 1. The SMILES string of the molecule is NC(=O)C(O)C(O)c1ccc(N)c(CO)c1. The number of amides is 1. The third-order valence-electron chi connectivity index (χ3n) is 2.27. The van der Waals surface area contributed by atoms with Crippen LogP contribution in [0.4, 0.5) is 5.69 Å². The van der Waals surface area contributed by atoms with E-state index in [1.165, 1.54) is 18.2 Å². The van der Waals surface area contributed by atoms with Crippen LogP contribution < -0.4 is 11.5 Å². The van der Waals surface area contributed by atoms with E-state index in [0.717, 1.165) is 0 Å². The van der Waals surface area contributed by atoms with Gasteiger partial charge in [0.2, 0.25) is 5.91 Å². The summed E-state index contributed by atoms with van der Waals surface area (Å²) in [5, 5.41) is 27.8. The smallest absolute Gasteiger partial charge is 0.249 e. The maximum Gasteiger partial charge on any atom is 0.249 e. The topological polar surface area (TPSA) is 130 Å². The molecule has 1 rings (SSSR count). The van der Waals surface area contributed by atoms with E-state index in [2.05, 4.69) is 0 Å².